The van der Waals surface area contributed by atoms with Crippen LogP contribution in [0.15, 0.2) is 24.7 Å². The molecular weight excluding hydrogens is 178 g/mol. The molecule has 0 saturated carbocycles. The molecule has 2 N–H and O–H groups in total. The van der Waals surface area contributed by atoms with Crippen LogP contribution in [0.4, 0.5) is 0 Å². The molecular formula is C10H8N3O. The number of nitrogens with two attached hydrogens (primary N) is 1. The Labute approximate surface area is 80.8 Å². The highest BCUT2D eigenvalue weighted by Gasteiger charge is 2.04. The Hall–Kier alpha value is -1.97. The third kappa shape index (κ3) is 1.31. The van der Waals surface area contributed by atoms with Gasteiger partial charge in [0.2, 0.25) is 5.91 Å². The third-order valence-corrected chi connectivity index (χ3v) is 1.98. The zero-order chi connectivity index (χ0) is 10.1. The SMILES string of the molecule is [CH2]c1cncc2ncc(C(N)=O)cc12. The molecule has 0 atom stereocenters. The van der Waals surface area contributed by atoms with Gasteiger partial charge in [-0.15, -0.1) is 0 Å². The minimum atomic E-state index is -0.490. The summed E-state index contributed by atoms with van der Waals surface area (Å²) in [5, 5.41) is 0.802. The maximum atomic E-state index is 10.9. The fourth-order valence-corrected chi connectivity index (χ4v) is 1.24. The molecule has 2 aromatic rings. The number of hydrogen-bond donors (Lipinski definition) is 1. The van der Waals surface area contributed by atoms with Crippen molar-refractivity contribution in [2.24, 2.45) is 5.73 Å². The van der Waals surface area contributed by atoms with Crippen LogP contribution in [-0.2, 0) is 0 Å². The van der Waals surface area contributed by atoms with E-state index in [-0.39, 0.29) is 0 Å². The summed E-state index contributed by atoms with van der Waals surface area (Å²) in [5.41, 5.74) is 6.97. The molecule has 0 aliphatic carbocycles. The molecule has 0 fully saturated rings. The molecule has 0 bridgehead atoms. The van der Waals surface area contributed by atoms with Crippen molar-refractivity contribution >= 4 is 16.8 Å². The van der Waals surface area contributed by atoms with Gasteiger partial charge < -0.3 is 5.73 Å². The highest BCUT2D eigenvalue weighted by Crippen LogP contribution is 2.15. The number of carbonyl (C=O) groups excluding carboxylic acids is 1. The minimum Gasteiger partial charge on any atom is -0.366 e. The second kappa shape index (κ2) is 3.06. The van der Waals surface area contributed by atoms with E-state index in [0.29, 0.717) is 11.1 Å². The van der Waals surface area contributed by atoms with E-state index in [9.17, 15) is 4.79 Å². The smallest absolute Gasteiger partial charge is 0.250 e. The first kappa shape index (κ1) is 8.62. The zero-order valence-corrected chi connectivity index (χ0v) is 7.40. The average molecular weight is 186 g/mol. The van der Waals surface area contributed by atoms with E-state index < -0.39 is 5.91 Å². The zero-order valence-electron chi connectivity index (χ0n) is 7.40. The van der Waals surface area contributed by atoms with Crippen molar-refractivity contribution < 1.29 is 4.79 Å². The fourth-order valence-electron chi connectivity index (χ4n) is 1.24. The lowest BCUT2D eigenvalue weighted by Crippen LogP contribution is -2.11. The second-order valence-electron chi connectivity index (χ2n) is 2.95. The first-order valence-corrected chi connectivity index (χ1v) is 4.04. The van der Waals surface area contributed by atoms with Gasteiger partial charge in [0.15, 0.2) is 0 Å². The number of amides is 1. The maximum absolute atomic E-state index is 10.9. The summed E-state index contributed by atoms with van der Waals surface area (Å²) >= 11 is 0. The number of hydrogen-bond acceptors (Lipinski definition) is 3. The number of pyridine rings is 2. The number of carbonyl (C=O) groups is 1. The lowest BCUT2D eigenvalue weighted by Gasteiger charge is -2.01. The highest BCUT2D eigenvalue weighted by molar-refractivity contribution is 5.96. The Morgan fingerprint density at radius 3 is 2.86 bits per heavy atom. The summed E-state index contributed by atoms with van der Waals surface area (Å²) in [7, 11) is 0. The van der Waals surface area contributed by atoms with E-state index in [2.05, 4.69) is 16.9 Å². The van der Waals surface area contributed by atoms with Crippen molar-refractivity contribution in [1.29, 1.82) is 0 Å². The summed E-state index contributed by atoms with van der Waals surface area (Å²) in [6, 6.07) is 1.68. The monoisotopic (exact) mass is 186 g/mol. The normalized spacial score (nSPS) is 10.4. The van der Waals surface area contributed by atoms with Gasteiger partial charge in [-0.1, -0.05) is 0 Å². The Balaban J connectivity index is 2.76. The summed E-state index contributed by atoms with van der Waals surface area (Å²) in [4.78, 5) is 18.9. The molecule has 2 heterocycles. The van der Waals surface area contributed by atoms with Gasteiger partial charge in [0.05, 0.1) is 17.3 Å². The molecule has 4 heteroatoms. The van der Waals surface area contributed by atoms with Gasteiger partial charge in [0, 0.05) is 17.8 Å². The number of primary amides is 1. The average Bonchev–Trinajstić information content (AvgIpc) is 2.18. The van der Waals surface area contributed by atoms with Gasteiger partial charge in [0.1, 0.15) is 0 Å². The van der Waals surface area contributed by atoms with Crippen LogP contribution in [0, 0.1) is 6.92 Å². The predicted octanol–water partition coefficient (Wildman–Crippen LogP) is 0.911. The van der Waals surface area contributed by atoms with Crippen LogP contribution >= 0.6 is 0 Å². The molecule has 0 aliphatic rings. The Morgan fingerprint density at radius 2 is 2.14 bits per heavy atom. The molecule has 0 spiro atoms. The van der Waals surface area contributed by atoms with E-state index in [1.54, 1.807) is 18.5 Å². The van der Waals surface area contributed by atoms with Crippen LogP contribution in [0.1, 0.15) is 15.9 Å². The van der Waals surface area contributed by atoms with Gasteiger partial charge in [-0.2, -0.15) is 0 Å². The van der Waals surface area contributed by atoms with E-state index in [4.69, 9.17) is 5.73 Å². The highest BCUT2D eigenvalue weighted by atomic mass is 16.1. The van der Waals surface area contributed by atoms with Crippen molar-refractivity contribution in [3.8, 4) is 0 Å². The van der Waals surface area contributed by atoms with Crippen molar-refractivity contribution in [2.45, 2.75) is 0 Å². The predicted molar refractivity (Wildman–Crippen MR) is 52.5 cm³/mol. The number of fused-ring (bicyclic) bond motifs is 1. The number of aromatic nitrogens is 2. The van der Waals surface area contributed by atoms with Crippen LogP contribution in [0.3, 0.4) is 0 Å². The van der Waals surface area contributed by atoms with Crippen LogP contribution in [0.25, 0.3) is 10.9 Å². The molecule has 0 unspecified atom stereocenters. The van der Waals surface area contributed by atoms with Crippen molar-refractivity contribution in [3.63, 3.8) is 0 Å². The van der Waals surface area contributed by atoms with E-state index in [1.807, 2.05) is 0 Å². The summed E-state index contributed by atoms with van der Waals surface area (Å²) in [6.07, 6.45) is 4.68. The minimum absolute atomic E-state index is 0.383. The number of rotatable bonds is 1. The Kier molecular flexibility index (Phi) is 1.89. The molecule has 0 aromatic carbocycles. The second-order valence-corrected chi connectivity index (χ2v) is 2.95. The van der Waals surface area contributed by atoms with Gasteiger partial charge in [-0.05, 0) is 18.6 Å². The van der Waals surface area contributed by atoms with Gasteiger partial charge in [0.25, 0.3) is 0 Å². The van der Waals surface area contributed by atoms with Gasteiger partial charge in [-0.3, -0.25) is 14.8 Å². The number of nitrogens with zero attached hydrogens (tertiary/aromatic N) is 2. The molecule has 2 rings (SSSR count). The van der Waals surface area contributed by atoms with Crippen molar-refractivity contribution in [1.82, 2.24) is 9.97 Å². The van der Waals surface area contributed by atoms with Crippen LogP contribution < -0.4 is 5.73 Å². The molecule has 14 heavy (non-hydrogen) atoms. The van der Waals surface area contributed by atoms with Gasteiger partial charge in [-0.25, -0.2) is 0 Å². The topological polar surface area (TPSA) is 68.9 Å². The Bertz CT molecular complexity index is 508. The first-order chi connectivity index (χ1) is 6.68. The Morgan fingerprint density at radius 1 is 1.36 bits per heavy atom. The van der Waals surface area contributed by atoms with Crippen molar-refractivity contribution in [2.75, 3.05) is 0 Å². The van der Waals surface area contributed by atoms with E-state index in [0.717, 1.165) is 10.9 Å². The molecule has 1 radical (unpaired) electrons. The first-order valence-electron chi connectivity index (χ1n) is 4.04. The third-order valence-electron chi connectivity index (χ3n) is 1.98. The molecule has 0 aliphatic heterocycles. The van der Waals surface area contributed by atoms with Gasteiger partial charge >= 0.3 is 0 Å². The fraction of sp³-hybridized carbons (Fsp3) is 0. The molecule has 69 valence electrons. The lowest BCUT2D eigenvalue weighted by molar-refractivity contribution is 0.1000. The largest absolute Gasteiger partial charge is 0.366 e. The molecule has 1 amide bonds. The molecule has 0 saturated heterocycles. The van der Waals surface area contributed by atoms with E-state index >= 15 is 0 Å². The van der Waals surface area contributed by atoms with E-state index in [1.165, 1.54) is 6.20 Å². The van der Waals surface area contributed by atoms with Crippen LogP contribution in [0.2, 0.25) is 0 Å². The standard InChI is InChI=1S/C10H8N3O/c1-6-3-12-5-9-8(6)2-7(4-13-9)10(11)14/h2-5H,1H2,(H2,11,14). The summed E-state index contributed by atoms with van der Waals surface area (Å²) in [5.74, 6) is -0.490. The summed E-state index contributed by atoms with van der Waals surface area (Å²) in [6.45, 7) is 3.79. The maximum Gasteiger partial charge on any atom is 0.250 e. The van der Waals surface area contributed by atoms with Crippen molar-refractivity contribution in [3.05, 3.63) is 42.7 Å². The lowest BCUT2D eigenvalue weighted by atomic mass is 10.1. The molecule has 2 aromatic heterocycles. The van der Waals surface area contributed by atoms with Crippen LogP contribution in [0.5, 0.6) is 0 Å². The quantitative estimate of drug-likeness (QED) is 0.719. The van der Waals surface area contributed by atoms with Crippen LogP contribution in [-0.4, -0.2) is 15.9 Å². The summed E-state index contributed by atoms with van der Waals surface area (Å²) < 4.78 is 0. The molecule has 4 nitrogen and oxygen atoms in total.